The van der Waals surface area contributed by atoms with Gasteiger partial charge in [0.25, 0.3) is 0 Å². The molecule has 0 aliphatic heterocycles. The summed E-state index contributed by atoms with van der Waals surface area (Å²) < 4.78 is 0.942. The number of hydrogen-bond acceptors (Lipinski definition) is 2. The Kier molecular flexibility index (Phi) is 4.22. The Morgan fingerprint density at radius 3 is 2.63 bits per heavy atom. The molecule has 0 saturated carbocycles. The highest BCUT2D eigenvalue weighted by atomic mass is 79.9. The second-order valence-corrected chi connectivity index (χ2v) is 5.19. The van der Waals surface area contributed by atoms with Gasteiger partial charge in [0.05, 0.1) is 12.1 Å². The van der Waals surface area contributed by atoms with Gasteiger partial charge in [-0.1, -0.05) is 29.8 Å². The fourth-order valence-corrected chi connectivity index (χ4v) is 2.25. The van der Waals surface area contributed by atoms with Crippen LogP contribution in [0.25, 0.3) is 0 Å². The van der Waals surface area contributed by atoms with Crippen molar-refractivity contribution in [3.05, 3.63) is 58.1 Å². The molecule has 4 heteroatoms. The first-order valence-corrected chi connectivity index (χ1v) is 6.68. The van der Waals surface area contributed by atoms with Crippen LogP contribution in [0.15, 0.2) is 46.9 Å². The zero-order chi connectivity index (χ0) is 13.8. The Morgan fingerprint density at radius 2 is 1.95 bits per heavy atom. The highest BCUT2D eigenvalue weighted by Crippen LogP contribution is 2.28. The first kappa shape index (κ1) is 13.6. The number of nitrogens with one attached hydrogen (secondary N) is 1. The van der Waals surface area contributed by atoms with Crippen molar-refractivity contribution >= 4 is 33.3 Å². The zero-order valence-electron chi connectivity index (χ0n) is 10.5. The fraction of sp³-hybridized carbons (Fsp3) is 0.133. The lowest BCUT2D eigenvalue weighted by Crippen LogP contribution is -2.04. The van der Waals surface area contributed by atoms with Gasteiger partial charge in [-0.15, -0.1) is 0 Å². The van der Waals surface area contributed by atoms with Gasteiger partial charge in [-0.2, -0.15) is 0 Å². The predicted molar refractivity (Wildman–Crippen MR) is 79.9 cm³/mol. The number of para-hydroxylation sites is 1. The van der Waals surface area contributed by atoms with Gasteiger partial charge in [-0.05, 0) is 46.6 Å². The van der Waals surface area contributed by atoms with Crippen LogP contribution in [-0.2, 0) is 11.2 Å². The molecule has 0 radical (unpaired) electrons. The van der Waals surface area contributed by atoms with E-state index in [9.17, 15) is 4.79 Å². The minimum absolute atomic E-state index is 0.00840. The molecule has 98 valence electrons. The molecule has 2 N–H and O–H groups in total. The number of carbonyl (C=O) groups is 1. The molecular weight excluding hydrogens is 306 g/mol. The first-order chi connectivity index (χ1) is 9.06. The fourth-order valence-electron chi connectivity index (χ4n) is 1.86. The van der Waals surface area contributed by atoms with Gasteiger partial charge < -0.3 is 10.4 Å². The lowest BCUT2D eigenvalue weighted by molar-refractivity contribution is -0.136. The Labute approximate surface area is 120 Å². The van der Waals surface area contributed by atoms with Crippen LogP contribution >= 0.6 is 15.9 Å². The molecule has 0 aliphatic carbocycles. The molecule has 0 aliphatic rings. The number of anilines is 2. The number of aryl methyl sites for hydroxylation is 1. The summed E-state index contributed by atoms with van der Waals surface area (Å²) in [5, 5.41) is 12.2. The largest absolute Gasteiger partial charge is 0.481 e. The van der Waals surface area contributed by atoms with Crippen LogP contribution in [0, 0.1) is 6.92 Å². The number of benzene rings is 2. The summed E-state index contributed by atoms with van der Waals surface area (Å²) in [5.74, 6) is -0.833. The summed E-state index contributed by atoms with van der Waals surface area (Å²) in [4.78, 5) is 10.9. The minimum atomic E-state index is -0.833. The quantitative estimate of drug-likeness (QED) is 0.890. The molecule has 0 saturated heterocycles. The number of halogens is 1. The van der Waals surface area contributed by atoms with Crippen LogP contribution in [0.4, 0.5) is 11.4 Å². The van der Waals surface area contributed by atoms with Crippen molar-refractivity contribution in [3.8, 4) is 0 Å². The maximum Gasteiger partial charge on any atom is 0.307 e. The number of rotatable bonds is 4. The second kappa shape index (κ2) is 5.89. The topological polar surface area (TPSA) is 49.3 Å². The van der Waals surface area contributed by atoms with Gasteiger partial charge in [-0.3, -0.25) is 4.79 Å². The van der Waals surface area contributed by atoms with E-state index in [1.165, 1.54) is 0 Å². The van der Waals surface area contributed by atoms with Crippen molar-refractivity contribution < 1.29 is 9.90 Å². The standard InChI is InChI=1S/C15H14BrNO2/c1-10-6-7-13(11(8-10)9-15(18)19)17-14-5-3-2-4-12(14)16/h2-8,17H,9H2,1H3,(H,18,19). The van der Waals surface area contributed by atoms with Gasteiger partial charge in [0, 0.05) is 10.2 Å². The van der Waals surface area contributed by atoms with E-state index in [2.05, 4.69) is 21.2 Å². The molecule has 0 aromatic heterocycles. The number of aliphatic carboxylic acids is 1. The van der Waals surface area contributed by atoms with Crippen LogP contribution in [0.5, 0.6) is 0 Å². The third-order valence-corrected chi connectivity index (χ3v) is 3.44. The Bertz CT molecular complexity index is 611. The van der Waals surface area contributed by atoms with Crippen molar-refractivity contribution in [1.82, 2.24) is 0 Å². The lowest BCUT2D eigenvalue weighted by atomic mass is 10.1. The average Bonchev–Trinajstić information content (AvgIpc) is 2.34. The van der Waals surface area contributed by atoms with E-state index in [4.69, 9.17) is 5.11 Å². The monoisotopic (exact) mass is 319 g/mol. The highest BCUT2D eigenvalue weighted by Gasteiger charge is 2.08. The summed E-state index contributed by atoms with van der Waals surface area (Å²) >= 11 is 3.46. The molecule has 2 rings (SSSR count). The van der Waals surface area contributed by atoms with Gasteiger partial charge in [0.15, 0.2) is 0 Å². The van der Waals surface area contributed by atoms with E-state index in [0.29, 0.717) is 0 Å². The second-order valence-electron chi connectivity index (χ2n) is 4.34. The zero-order valence-corrected chi connectivity index (χ0v) is 12.1. The van der Waals surface area contributed by atoms with Crippen molar-refractivity contribution in [2.24, 2.45) is 0 Å². The molecule has 3 nitrogen and oxygen atoms in total. The third-order valence-electron chi connectivity index (χ3n) is 2.75. The van der Waals surface area contributed by atoms with Crippen LogP contribution < -0.4 is 5.32 Å². The van der Waals surface area contributed by atoms with Crippen molar-refractivity contribution in [3.63, 3.8) is 0 Å². The molecule has 2 aromatic carbocycles. The SMILES string of the molecule is Cc1ccc(Nc2ccccc2Br)c(CC(=O)O)c1. The molecule has 0 atom stereocenters. The molecule has 0 unspecified atom stereocenters. The van der Waals surface area contributed by atoms with Crippen LogP contribution in [0.1, 0.15) is 11.1 Å². The Balaban J connectivity index is 2.34. The van der Waals surface area contributed by atoms with Gasteiger partial charge in [0.2, 0.25) is 0 Å². The number of carboxylic acids is 1. The molecule has 2 aromatic rings. The molecule has 0 amide bonds. The lowest BCUT2D eigenvalue weighted by Gasteiger charge is -2.13. The summed E-state index contributed by atoms with van der Waals surface area (Å²) in [6, 6.07) is 13.5. The number of hydrogen-bond donors (Lipinski definition) is 2. The van der Waals surface area contributed by atoms with Crippen molar-refractivity contribution in [2.75, 3.05) is 5.32 Å². The smallest absolute Gasteiger partial charge is 0.307 e. The van der Waals surface area contributed by atoms with E-state index in [1.807, 2.05) is 49.4 Å². The van der Waals surface area contributed by atoms with Crippen LogP contribution in [0.3, 0.4) is 0 Å². The van der Waals surface area contributed by atoms with Crippen LogP contribution in [-0.4, -0.2) is 11.1 Å². The van der Waals surface area contributed by atoms with Crippen molar-refractivity contribution in [2.45, 2.75) is 13.3 Å². The van der Waals surface area contributed by atoms with E-state index in [1.54, 1.807) is 0 Å². The Hall–Kier alpha value is -1.81. The summed E-state index contributed by atoms with van der Waals surface area (Å²) in [5.41, 5.74) is 3.56. The maximum atomic E-state index is 10.9. The van der Waals surface area contributed by atoms with Gasteiger partial charge >= 0.3 is 5.97 Å². The molecular formula is C15H14BrNO2. The van der Waals surface area contributed by atoms with E-state index >= 15 is 0 Å². The third kappa shape index (κ3) is 3.58. The van der Waals surface area contributed by atoms with Gasteiger partial charge in [-0.25, -0.2) is 0 Å². The summed E-state index contributed by atoms with van der Waals surface area (Å²) in [6.07, 6.45) is 0.00840. The predicted octanol–water partition coefficient (Wildman–Crippen LogP) is 4.13. The van der Waals surface area contributed by atoms with E-state index in [0.717, 1.165) is 27.0 Å². The normalized spacial score (nSPS) is 10.2. The molecule has 0 heterocycles. The number of carboxylic acid groups (broad SMARTS) is 1. The molecule has 0 spiro atoms. The maximum absolute atomic E-state index is 10.9. The van der Waals surface area contributed by atoms with E-state index < -0.39 is 5.97 Å². The van der Waals surface area contributed by atoms with Crippen molar-refractivity contribution in [1.29, 1.82) is 0 Å². The first-order valence-electron chi connectivity index (χ1n) is 5.89. The van der Waals surface area contributed by atoms with E-state index in [-0.39, 0.29) is 6.42 Å². The summed E-state index contributed by atoms with van der Waals surface area (Å²) in [7, 11) is 0. The van der Waals surface area contributed by atoms with Crippen LogP contribution in [0.2, 0.25) is 0 Å². The molecule has 19 heavy (non-hydrogen) atoms. The minimum Gasteiger partial charge on any atom is -0.481 e. The average molecular weight is 320 g/mol. The highest BCUT2D eigenvalue weighted by molar-refractivity contribution is 9.10. The Morgan fingerprint density at radius 1 is 1.21 bits per heavy atom. The van der Waals surface area contributed by atoms with Gasteiger partial charge in [0.1, 0.15) is 0 Å². The molecule has 0 bridgehead atoms. The molecule has 0 fully saturated rings. The summed E-state index contributed by atoms with van der Waals surface area (Å²) in [6.45, 7) is 1.95.